The molecule has 3 rings (SSSR count). The predicted octanol–water partition coefficient (Wildman–Crippen LogP) is 2.67. The summed E-state index contributed by atoms with van der Waals surface area (Å²) in [5.74, 6) is 0.179. The van der Waals surface area contributed by atoms with Gasteiger partial charge in [-0.2, -0.15) is 5.10 Å². The smallest absolute Gasteiger partial charge is 0.267 e. The summed E-state index contributed by atoms with van der Waals surface area (Å²) in [6, 6.07) is 7.58. The normalized spacial score (nSPS) is 23.3. The lowest BCUT2D eigenvalue weighted by molar-refractivity contribution is -0.118. The number of hydrogen-bond acceptors (Lipinski definition) is 3. The number of nitrogens with zero attached hydrogens (tertiary/aromatic N) is 1. The molecule has 2 atom stereocenters. The molecular weight excluding hydrogens is 276 g/mol. The van der Waals surface area contributed by atoms with E-state index in [2.05, 4.69) is 23.5 Å². The van der Waals surface area contributed by atoms with E-state index in [0.717, 1.165) is 16.8 Å². The average Bonchev–Trinajstić information content (AvgIpc) is 2.51. The van der Waals surface area contributed by atoms with Crippen molar-refractivity contribution in [2.45, 2.75) is 20.3 Å². The Labute approximate surface area is 129 Å². The van der Waals surface area contributed by atoms with Gasteiger partial charge in [-0.3, -0.25) is 9.59 Å². The van der Waals surface area contributed by atoms with Crippen molar-refractivity contribution in [3.8, 4) is 0 Å². The lowest BCUT2D eigenvalue weighted by atomic mass is 9.77. The van der Waals surface area contributed by atoms with Gasteiger partial charge >= 0.3 is 0 Å². The van der Waals surface area contributed by atoms with Crippen LogP contribution in [0.3, 0.4) is 0 Å². The van der Waals surface area contributed by atoms with Gasteiger partial charge in [-0.1, -0.05) is 43.4 Å². The minimum absolute atomic E-state index is 0.0136. The lowest BCUT2D eigenvalue weighted by Crippen LogP contribution is -2.40. The first-order valence-corrected chi connectivity index (χ1v) is 7.41. The Kier molecular flexibility index (Phi) is 3.75. The van der Waals surface area contributed by atoms with Crippen molar-refractivity contribution >= 4 is 17.4 Å². The van der Waals surface area contributed by atoms with Crippen LogP contribution in [0.2, 0.25) is 0 Å². The summed E-state index contributed by atoms with van der Waals surface area (Å²) in [5.41, 5.74) is 6.02. The van der Waals surface area contributed by atoms with Crippen LogP contribution in [0.15, 0.2) is 53.2 Å². The second-order valence-corrected chi connectivity index (χ2v) is 5.82. The maximum atomic E-state index is 12.0. The van der Waals surface area contributed by atoms with E-state index in [1.807, 2.05) is 36.4 Å². The van der Waals surface area contributed by atoms with Crippen LogP contribution in [0.4, 0.5) is 0 Å². The Morgan fingerprint density at radius 1 is 1.36 bits per heavy atom. The summed E-state index contributed by atoms with van der Waals surface area (Å²) in [5, 5.41) is 4.27. The third-order valence-electron chi connectivity index (χ3n) is 4.19. The molecule has 22 heavy (non-hydrogen) atoms. The van der Waals surface area contributed by atoms with Crippen LogP contribution in [-0.4, -0.2) is 17.4 Å². The van der Waals surface area contributed by atoms with Crippen molar-refractivity contribution < 1.29 is 9.59 Å². The SMILES string of the molecule is CC(=O)c1cccc(CC2=NNC(=O)C3=CC=CC(C)C32)c1. The number of rotatable bonds is 3. The quantitative estimate of drug-likeness (QED) is 0.871. The fraction of sp³-hybridized carbons (Fsp3) is 0.278. The number of carbonyl (C=O) groups is 2. The van der Waals surface area contributed by atoms with Crippen molar-refractivity contribution in [1.82, 2.24) is 5.43 Å². The van der Waals surface area contributed by atoms with Crippen molar-refractivity contribution in [3.63, 3.8) is 0 Å². The van der Waals surface area contributed by atoms with Gasteiger partial charge < -0.3 is 0 Å². The van der Waals surface area contributed by atoms with Crippen LogP contribution in [0, 0.1) is 11.8 Å². The minimum Gasteiger partial charge on any atom is -0.295 e. The first kappa shape index (κ1) is 14.4. The molecule has 0 fully saturated rings. The first-order chi connectivity index (χ1) is 10.6. The van der Waals surface area contributed by atoms with E-state index in [4.69, 9.17) is 0 Å². The molecule has 1 aromatic rings. The van der Waals surface area contributed by atoms with Crippen molar-refractivity contribution in [1.29, 1.82) is 0 Å². The van der Waals surface area contributed by atoms with E-state index in [0.29, 0.717) is 12.0 Å². The van der Waals surface area contributed by atoms with Gasteiger partial charge in [0.25, 0.3) is 5.91 Å². The molecule has 2 aliphatic rings. The number of nitrogens with one attached hydrogen (secondary N) is 1. The number of ketones is 1. The molecule has 1 heterocycles. The van der Waals surface area contributed by atoms with Gasteiger partial charge in [0.1, 0.15) is 0 Å². The second-order valence-electron chi connectivity index (χ2n) is 5.82. The Hall–Kier alpha value is -2.49. The van der Waals surface area contributed by atoms with Gasteiger partial charge in [0, 0.05) is 23.5 Å². The summed E-state index contributed by atoms with van der Waals surface area (Å²) < 4.78 is 0. The maximum absolute atomic E-state index is 12.0. The van der Waals surface area contributed by atoms with E-state index in [1.165, 1.54) is 0 Å². The molecule has 0 saturated heterocycles. The van der Waals surface area contributed by atoms with Gasteiger partial charge in [0.05, 0.1) is 5.71 Å². The highest BCUT2D eigenvalue weighted by Gasteiger charge is 2.34. The zero-order chi connectivity index (χ0) is 15.7. The standard InChI is InChI=1S/C18H18N2O2/c1-11-5-3-8-15-17(11)16(19-20-18(15)22)10-13-6-4-7-14(9-13)12(2)21/h3-9,11,17H,10H2,1-2H3,(H,20,22). The molecule has 0 spiro atoms. The van der Waals surface area contributed by atoms with E-state index in [-0.39, 0.29) is 23.5 Å². The minimum atomic E-state index is -0.123. The Morgan fingerprint density at radius 2 is 2.18 bits per heavy atom. The topological polar surface area (TPSA) is 58.5 Å². The monoisotopic (exact) mass is 294 g/mol. The molecule has 0 bridgehead atoms. The van der Waals surface area contributed by atoms with Crippen LogP contribution in [0.25, 0.3) is 0 Å². The summed E-state index contributed by atoms with van der Waals surface area (Å²) >= 11 is 0. The van der Waals surface area contributed by atoms with Crippen molar-refractivity contribution in [2.75, 3.05) is 0 Å². The van der Waals surface area contributed by atoms with E-state index < -0.39 is 0 Å². The van der Waals surface area contributed by atoms with Gasteiger partial charge in [0.2, 0.25) is 0 Å². The van der Waals surface area contributed by atoms with E-state index in [9.17, 15) is 9.59 Å². The molecule has 0 radical (unpaired) electrons. The molecule has 2 unspecified atom stereocenters. The number of hydrogen-bond donors (Lipinski definition) is 1. The zero-order valence-corrected chi connectivity index (χ0v) is 12.7. The highest BCUT2D eigenvalue weighted by molar-refractivity contribution is 6.07. The molecule has 1 amide bonds. The van der Waals surface area contributed by atoms with Crippen molar-refractivity contribution in [2.24, 2.45) is 16.9 Å². The van der Waals surface area contributed by atoms with Gasteiger partial charge in [-0.15, -0.1) is 0 Å². The number of carbonyl (C=O) groups excluding carboxylic acids is 2. The second kappa shape index (κ2) is 5.72. The summed E-state index contributed by atoms with van der Waals surface area (Å²) in [7, 11) is 0. The fourth-order valence-electron chi connectivity index (χ4n) is 3.05. The molecule has 0 saturated carbocycles. The number of fused-ring (bicyclic) bond motifs is 1. The molecule has 1 N–H and O–H groups in total. The molecule has 0 aromatic heterocycles. The number of benzene rings is 1. The van der Waals surface area contributed by atoms with Crippen LogP contribution in [0.5, 0.6) is 0 Å². The zero-order valence-electron chi connectivity index (χ0n) is 12.7. The molecular formula is C18H18N2O2. The third-order valence-corrected chi connectivity index (χ3v) is 4.19. The Balaban J connectivity index is 1.90. The van der Waals surface area contributed by atoms with Gasteiger partial charge in [0.15, 0.2) is 5.78 Å². The Morgan fingerprint density at radius 3 is 2.95 bits per heavy atom. The lowest BCUT2D eigenvalue weighted by Gasteiger charge is -2.30. The van der Waals surface area contributed by atoms with Gasteiger partial charge in [-0.25, -0.2) is 5.43 Å². The molecule has 112 valence electrons. The average molecular weight is 294 g/mol. The summed E-state index contributed by atoms with van der Waals surface area (Å²) in [6.07, 6.45) is 6.51. The molecule has 4 heteroatoms. The third kappa shape index (κ3) is 2.64. The largest absolute Gasteiger partial charge is 0.295 e. The first-order valence-electron chi connectivity index (χ1n) is 7.41. The van der Waals surface area contributed by atoms with E-state index >= 15 is 0 Å². The number of Topliss-reactive ketones (excluding diaryl/α,β-unsaturated/α-hetero) is 1. The van der Waals surface area contributed by atoms with Gasteiger partial charge in [-0.05, 0) is 24.5 Å². The number of allylic oxidation sites excluding steroid dienone is 3. The number of amides is 1. The van der Waals surface area contributed by atoms with Crippen LogP contribution >= 0.6 is 0 Å². The van der Waals surface area contributed by atoms with Crippen LogP contribution in [-0.2, 0) is 11.2 Å². The summed E-state index contributed by atoms with van der Waals surface area (Å²) in [4.78, 5) is 23.5. The Bertz CT molecular complexity index is 728. The maximum Gasteiger partial charge on any atom is 0.267 e. The fourth-order valence-corrected chi connectivity index (χ4v) is 3.05. The highest BCUT2D eigenvalue weighted by atomic mass is 16.2. The van der Waals surface area contributed by atoms with Crippen LogP contribution < -0.4 is 5.43 Å². The van der Waals surface area contributed by atoms with Crippen LogP contribution in [0.1, 0.15) is 29.8 Å². The summed E-state index contributed by atoms with van der Waals surface area (Å²) in [6.45, 7) is 3.65. The molecule has 1 aliphatic carbocycles. The van der Waals surface area contributed by atoms with Crippen molar-refractivity contribution in [3.05, 3.63) is 59.2 Å². The number of hydrazone groups is 1. The predicted molar refractivity (Wildman–Crippen MR) is 85.6 cm³/mol. The highest BCUT2D eigenvalue weighted by Crippen LogP contribution is 2.31. The molecule has 1 aromatic carbocycles. The van der Waals surface area contributed by atoms with E-state index in [1.54, 1.807) is 6.92 Å². The molecule has 1 aliphatic heterocycles. The molecule has 4 nitrogen and oxygen atoms in total.